The molecule has 0 bridgehead atoms. The van der Waals surface area contributed by atoms with E-state index in [9.17, 15) is 19.7 Å². The molecule has 0 saturated carbocycles. The summed E-state index contributed by atoms with van der Waals surface area (Å²) in [6.07, 6.45) is 0. The van der Waals surface area contributed by atoms with Gasteiger partial charge >= 0.3 is 5.97 Å². The Morgan fingerprint density at radius 3 is 2.40 bits per heavy atom. The van der Waals surface area contributed by atoms with Crippen molar-refractivity contribution in [2.24, 2.45) is 0 Å². The number of carbonyl (C=O) groups excluding carboxylic acids is 1. The molecule has 1 N–H and O–H groups in total. The predicted molar refractivity (Wildman–Crippen MR) is 52.8 cm³/mol. The highest BCUT2D eigenvalue weighted by Gasteiger charge is 2.19. The normalized spacial score (nSPS) is 9.67. The largest absolute Gasteiger partial charge is 0.475 e. The third-order valence-electron chi connectivity index (χ3n) is 1.60. The van der Waals surface area contributed by atoms with Crippen molar-refractivity contribution in [2.45, 2.75) is 0 Å². The Kier molecular flexibility index (Phi) is 3.15. The summed E-state index contributed by atoms with van der Waals surface area (Å²) in [6, 6.07) is 3.25. The van der Waals surface area contributed by atoms with E-state index in [-0.39, 0.29) is 15.7 Å². The van der Waals surface area contributed by atoms with Crippen molar-refractivity contribution in [3.63, 3.8) is 0 Å². The summed E-state index contributed by atoms with van der Waals surface area (Å²) in [4.78, 5) is 31.1. The first-order valence-electron chi connectivity index (χ1n) is 3.65. The van der Waals surface area contributed by atoms with Gasteiger partial charge in [0.1, 0.15) is 0 Å². The SMILES string of the molecule is O=C(O)C(=O)c1ccc([N+](=O)[O-])cc1Br. The summed E-state index contributed by atoms with van der Waals surface area (Å²) in [5, 5.41) is 18.8. The summed E-state index contributed by atoms with van der Waals surface area (Å²) >= 11 is 2.90. The molecule has 0 aliphatic rings. The van der Waals surface area contributed by atoms with Gasteiger partial charge in [0.2, 0.25) is 0 Å². The molecule has 1 aromatic carbocycles. The number of Topliss-reactive ketones (excluding diaryl/α,β-unsaturated/α-hetero) is 1. The Morgan fingerprint density at radius 2 is 2.00 bits per heavy atom. The number of hydrogen-bond acceptors (Lipinski definition) is 4. The van der Waals surface area contributed by atoms with Gasteiger partial charge in [0, 0.05) is 22.2 Å². The third-order valence-corrected chi connectivity index (χ3v) is 2.26. The van der Waals surface area contributed by atoms with Gasteiger partial charge in [-0.1, -0.05) is 0 Å². The molecule has 0 fully saturated rings. The second-order valence-electron chi connectivity index (χ2n) is 2.56. The van der Waals surface area contributed by atoms with Gasteiger partial charge in [0.25, 0.3) is 11.5 Å². The molecule has 1 rings (SSSR count). The fraction of sp³-hybridized carbons (Fsp3) is 0. The zero-order chi connectivity index (χ0) is 11.6. The maximum atomic E-state index is 11.0. The fourth-order valence-corrected chi connectivity index (χ4v) is 1.46. The molecule has 0 saturated heterocycles. The molecule has 0 unspecified atom stereocenters. The summed E-state index contributed by atoms with van der Waals surface area (Å²) in [7, 11) is 0. The number of rotatable bonds is 3. The molecule has 78 valence electrons. The van der Waals surface area contributed by atoms with Crippen molar-refractivity contribution in [1.82, 2.24) is 0 Å². The van der Waals surface area contributed by atoms with E-state index in [4.69, 9.17) is 5.11 Å². The molecule has 6 nitrogen and oxygen atoms in total. The Balaban J connectivity index is 3.19. The average molecular weight is 274 g/mol. The van der Waals surface area contributed by atoms with Crippen molar-refractivity contribution in [1.29, 1.82) is 0 Å². The van der Waals surface area contributed by atoms with Crippen molar-refractivity contribution in [3.05, 3.63) is 38.3 Å². The van der Waals surface area contributed by atoms with Gasteiger partial charge in [0.05, 0.1) is 4.92 Å². The van der Waals surface area contributed by atoms with Crippen LogP contribution in [0.25, 0.3) is 0 Å². The van der Waals surface area contributed by atoms with Crippen molar-refractivity contribution >= 4 is 33.4 Å². The molecular weight excluding hydrogens is 270 g/mol. The zero-order valence-corrected chi connectivity index (χ0v) is 8.72. The zero-order valence-electron chi connectivity index (χ0n) is 7.14. The predicted octanol–water partition coefficient (Wildman–Crippen LogP) is 1.62. The smallest absolute Gasteiger partial charge is 0.377 e. The standard InChI is InChI=1S/C8H4BrNO5/c9-6-3-4(10(14)15)1-2-5(6)7(11)8(12)13/h1-3H,(H,12,13). The van der Waals surface area contributed by atoms with E-state index in [1.54, 1.807) is 0 Å². The first-order chi connectivity index (χ1) is 6.93. The average Bonchev–Trinajstić information content (AvgIpc) is 2.16. The van der Waals surface area contributed by atoms with Gasteiger partial charge in [-0.3, -0.25) is 14.9 Å². The number of aliphatic carboxylic acids is 1. The Bertz CT molecular complexity index is 456. The lowest BCUT2D eigenvalue weighted by Crippen LogP contribution is -2.13. The van der Waals surface area contributed by atoms with Gasteiger partial charge in [-0.25, -0.2) is 4.79 Å². The van der Waals surface area contributed by atoms with Crippen LogP contribution in [0.4, 0.5) is 5.69 Å². The van der Waals surface area contributed by atoms with E-state index in [0.717, 1.165) is 18.2 Å². The molecule has 1 aromatic rings. The topological polar surface area (TPSA) is 97.5 Å². The lowest BCUT2D eigenvalue weighted by Gasteiger charge is -1.99. The first kappa shape index (κ1) is 11.3. The number of halogens is 1. The van der Waals surface area contributed by atoms with Crippen molar-refractivity contribution in [2.75, 3.05) is 0 Å². The van der Waals surface area contributed by atoms with Gasteiger partial charge in [0.15, 0.2) is 0 Å². The monoisotopic (exact) mass is 273 g/mol. The van der Waals surface area contributed by atoms with Gasteiger partial charge in [-0.2, -0.15) is 0 Å². The third kappa shape index (κ3) is 2.38. The second-order valence-corrected chi connectivity index (χ2v) is 3.41. The van der Waals surface area contributed by atoms with Gasteiger partial charge in [-0.15, -0.1) is 0 Å². The van der Waals surface area contributed by atoms with Crippen LogP contribution in [-0.4, -0.2) is 21.8 Å². The molecule has 0 aromatic heterocycles. The van der Waals surface area contributed by atoms with E-state index in [1.807, 2.05) is 0 Å². The molecule has 7 heteroatoms. The number of carboxylic acids is 1. The molecule has 0 spiro atoms. The number of non-ortho nitro benzene ring substituents is 1. The maximum Gasteiger partial charge on any atom is 0.377 e. The summed E-state index contributed by atoms with van der Waals surface area (Å²) in [5.74, 6) is -2.72. The number of ketones is 1. The molecule has 0 radical (unpaired) electrons. The van der Waals surface area contributed by atoms with Crippen molar-refractivity contribution in [3.8, 4) is 0 Å². The van der Waals surface area contributed by atoms with Gasteiger partial charge < -0.3 is 5.11 Å². The first-order valence-corrected chi connectivity index (χ1v) is 4.44. The minimum Gasteiger partial charge on any atom is -0.475 e. The number of carbonyl (C=O) groups is 2. The minimum absolute atomic E-state index is 0.0871. The van der Waals surface area contributed by atoms with Gasteiger partial charge in [-0.05, 0) is 22.0 Å². The molecule has 0 amide bonds. The van der Waals surface area contributed by atoms with E-state index in [2.05, 4.69) is 15.9 Å². The molecular formula is C8H4BrNO5. The number of benzene rings is 1. The van der Waals surface area contributed by atoms with Crippen LogP contribution in [0.5, 0.6) is 0 Å². The van der Waals surface area contributed by atoms with Crippen molar-refractivity contribution < 1.29 is 19.6 Å². The molecule has 0 aliphatic carbocycles. The molecule has 0 aliphatic heterocycles. The molecule has 0 heterocycles. The number of nitrogens with zero attached hydrogens (tertiary/aromatic N) is 1. The highest BCUT2D eigenvalue weighted by atomic mass is 79.9. The highest BCUT2D eigenvalue weighted by molar-refractivity contribution is 9.10. The number of nitro groups is 1. The fourth-order valence-electron chi connectivity index (χ4n) is 0.917. The highest BCUT2D eigenvalue weighted by Crippen LogP contribution is 2.23. The van der Waals surface area contributed by atoms with E-state index < -0.39 is 16.7 Å². The second kappa shape index (κ2) is 4.18. The summed E-state index contributed by atoms with van der Waals surface area (Å²) < 4.78 is 0.0871. The molecule has 0 atom stereocenters. The maximum absolute atomic E-state index is 11.0. The Hall–Kier alpha value is -1.76. The van der Waals surface area contributed by atoms with Crippen LogP contribution in [0, 0.1) is 10.1 Å². The van der Waals surface area contributed by atoms with E-state index in [0.29, 0.717) is 0 Å². The van der Waals surface area contributed by atoms with Crippen LogP contribution in [0.15, 0.2) is 22.7 Å². The van der Waals surface area contributed by atoms with Crippen LogP contribution >= 0.6 is 15.9 Å². The number of nitro benzene ring substituents is 1. The lowest BCUT2D eigenvalue weighted by molar-refractivity contribution is -0.384. The lowest BCUT2D eigenvalue weighted by atomic mass is 10.1. The Labute approximate surface area is 91.8 Å². The number of hydrogen-bond donors (Lipinski definition) is 1. The minimum atomic E-state index is -1.61. The Morgan fingerprint density at radius 1 is 1.40 bits per heavy atom. The van der Waals surface area contributed by atoms with Crippen LogP contribution < -0.4 is 0 Å². The summed E-state index contributed by atoms with van der Waals surface area (Å²) in [5.41, 5.74) is -0.336. The molecule has 15 heavy (non-hydrogen) atoms. The van der Waals surface area contributed by atoms with Crippen LogP contribution in [0.3, 0.4) is 0 Å². The van der Waals surface area contributed by atoms with Crippen LogP contribution in [0.2, 0.25) is 0 Å². The van der Waals surface area contributed by atoms with Crippen LogP contribution in [-0.2, 0) is 4.79 Å². The van der Waals surface area contributed by atoms with Crippen LogP contribution in [0.1, 0.15) is 10.4 Å². The quantitative estimate of drug-likeness (QED) is 0.391. The van der Waals surface area contributed by atoms with E-state index >= 15 is 0 Å². The van der Waals surface area contributed by atoms with E-state index in [1.165, 1.54) is 0 Å². The summed E-state index contributed by atoms with van der Waals surface area (Å²) in [6.45, 7) is 0. The number of carboxylic acid groups (broad SMARTS) is 1.